The number of pyridine rings is 1. The van der Waals surface area contributed by atoms with Crippen molar-refractivity contribution >= 4 is 22.4 Å². The van der Waals surface area contributed by atoms with E-state index >= 15 is 0 Å². The fourth-order valence-corrected chi connectivity index (χ4v) is 2.01. The van der Waals surface area contributed by atoms with Gasteiger partial charge >= 0.3 is 5.97 Å². The van der Waals surface area contributed by atoms with Crippen molar-refractivity contribution in [1.29, 1.82) is 0 Å². The zero-order chi connectivity index (χ0) is 14.8. The first-order valence-electron chi connectivity index (χ1n) is 6.25. The van der Waals surface area contributed by atoms with Crippen molar-refractivity contribution in [2.24, 2.45) is 0 Å². The molecule has 104 valence electrons. The standard InChI is InChI=1S/C16H11FN2O2/c17-13-3-1-2-4-15(13)21-16(20)12-7-10-5-6-19-9-11(10)8-14(12)18/h1-9H,18H2. The van der Waals surface area contributed by atoms with Gasteiger partial charge in [0.15, 0.2) is 11.6 Å². The monoisotopic (exact) mass is 282 g/mol. The Kier molecular flexibility index (Phi) is 3.23. The maximum absolute atomic E-state index is 13.5. The fraction of sp³-hybridized carbons (Fsp3) is 0. The number of halogens is 1. The summed E-state index contributed by atoms with van der Waals surface area (Å²) >= 11 is 0. The first-order valence-corrected chi connectivity index (χ1v) is 6.25. The van der Waals surface area contributed by atoms with Crippen LogP contribution in [-0.4, -0.2) is 11.0 Å². The normalized spacial score (nSPS) is 10.5. The molecule has 0 bridgehead atoms. The van der Waals surface area contributed by atoms with Crippen LogP contribution in [0.3, 0.4) is 0 Å². The summed E-state index contributed by atoms with van der Waals surface area (Å²) in [6.45, 7) is 0. The molecule has 3 rings (SSSR count). The third kappa shape index (κ3) is 2.53. The minimum absolute atomic E-state index is 0.128. The van der Waals surface area contributed by atoms with E-state index in [9.17, 15) is 9.18 Å². The van der Waals surface area contributed by atoms with E-state index in [-0.39, 0.29) is 17.0 Å². The number of fused-ring (bicyclic) bond motifs is 1. The molecule has 0 aliphatic carbocycles. The molecule has 0 unspecified atom stereocenters. The van der Waals surface area contributed by atoms with Gasteiger partial charge in [-0.3, -0.25) is 4.98 Å². The summed E-state index contributed by atoms with van der Waals surface area (Å²) in [4.78, 5) is 16.1. The average molecular weight is 282 g/mol. The van der Waals surface area contributed by atoms with Crippen molar-refractivity contribution in [3.63, 3.8) is 0 Å². The maximum Gasteiger partial charge on any atom is 0.345 e. The molecule has 0 aliphatic heterocycles. The molecule has 2 aromatic carbocycles. The predicted molar refractivity (Wildman–Crippen MR) is 77.5 cm³/mol. The number of hydrogen-bond donors (Lipinski definition) is 1. The Morgan fingerprint density at radius 3 is 2.76 bits per heavy atom. The second-order valence-corrected chi connectivity index (χ2v) is 4.48. The number of carbonyl (C=O) groups is 1. The number of nitrogens with two attached hydrogens (primary N) is 1. The van der Waals surface area contributed by atoms with Crippen LogP contribution in [0.1, 0.15) is 10.4 Å². The minimum Gasteiger partial charge on any atom is -0.420 e. The van der Waals surface area contributed by atoms with E-state index in [1.165, 1.54) is 18.2 Å². The van der Waals surface area contributed by atoms with E-state index in [2.05, 4.69) is 4.98 Å². The Morgan fingerprint density at radius 2 is 1.95 bits per heavy atom. The molecule has 0 radical (unpaired) electrons. The molecule has 1 heterocycles. The van der Waals surface area contributed by atoms with Crippen molar-refractivity contribution in [2.45, 2.75) is 0 Å². The Balaban J connectivity index is 1.98. The Hall–Kier alpha value is -2.95. The second-order valence-electron chi connectivity index (χ2n) is 4.48. The van der Waals surface area contributed by atoms with Crippen molar-refractivity contribution in [3.05, 3.63) is 66.2 Å². The number of nitrogen functional groups attached to an aromatic ring is 1. The van der Waals surface area contributed by atoms with E-state index in [1.807, 2.05) is 0 Å². The smallest absolute Gasteiger partial charge is 0.345 e. The lowest BCUT2D eigenvalue weighted by Gasteiger charge is -2.08. The van der Waals surface area contributed by atoms with Gasteiger partial charge in [0.05, 0.1) is 5.56 Å². The highest BCUT2D eigenvalue weighted by Gasteiger charge is 2.15. The maximum atomic E-state index is 13.5. The lowest BCUT2D eigenvalue weighted by molar-refractivity contribution is 0.0729. The lowest BCUT2D eigenvalue weighted by Crippen LogP contribution is -2.12. The van der Waals surface area contributed by atoms with Gasteiger partial charge in [-0.05, 0) is 35.7 Å². The van der Waals surface area contributed by atoms with Gasteiger partial charge in [0.1, 0.15) is 0 Å². The van der Waals surface area contributed by atoms with Crippen LogP contribution in [0.25, 0.3) is 10.8 Å². The van der Waals surface area contributed by atoms with Crippen molar-refractivity contribution in [3.8, 4) is 5.75 Å². The molecule has 0 amide bonds. The average Bonchev–Trinajstić information content (AvgIpc) is 2.49. The number of rotatable bonds is 2. The second kappa shape index (κ2) is 5.20. The van der Waals surface area contributed by atoms with Crippen LogP contribution in [0.2, 0.25) is 0 Å². The molecule has 0 fully saturated rings. The SMILES string of the molecule is Nc1cc2cnccc2cc1C(=O)Oc1ccccc1F. The fourth-order valence-electron chi connectivity index (χ4n) is 2.01. The Labute approximate surface area is 120 Å². The lowest BCUT2D eigenvalue weighted by atomic mass is 10.1. The summed E-state index contributed by atoms with van der Waals surface area (Å²) in [6.07, 6.45) is 3.27. The molecule has 2 N–H and O–H groups in total. The van der Waals surface area contributed by atoms with E-state index in [0.29, 0.717) is 0 Å². The number of carbonyl (C=O) groups excluding carboxylic acids is 1. The summed E-state index contributed by atoms with van der Waals surface area (Å²) in [5.41, 5.74) is 6.31. The molecular weight excluding hydrogens is 271 g/mol. The van der Waals surface area contributed by atoms with Crippen LogP contribution >= 0.6 is 0 Å². The highest BCUT2D eigenvalue weighted by molar-refractivity contribution is 6.01. The molecule has 0 atom stereocenters. The molecular formula is C16H11FN2O2. The molecule has 0 saturated carbocycles. The van der Waals surface area contributed by atoms with Crippen LogP contribution in [0, 0.1) is 5.82 Å². The first-order chi connectivity index (χ1) is 10.1. The van der Waals surface area contributed by atoms with Gasteiger partial charge in [0.25, 0.3) is 0 Å². The van der Waals surface area contributed by atoms with Gasteiger partial charge in [-0.15, -0.1) is 0 Å². The summed E-state index contributed by atoms with van der Waals surface area (Å²) < 4.78 is 18.6. The quantitative estimate of drug-likeness (QED) is 0.445. The third-order valence-electron chi connectivity index (χ3n) is 3.07. The van der Waals surface area contributed by atoms with Crippen molar-refractivity contribution < 1.29 is 13.9 Å². The van der Waals surface area contributed by atoms with Gasteiger partial charge in [-0.2, -0.15) is 0 Å². The molecule has 5 heteroatoms. The number of aromatic nitrogens is 1. The number of benzene rings is 2. The summed E-state index contributed by atoms with van der Waals surface area (Å²) in [5.74, 6) is -1.43. The highest BCUT2D eigenvalue weighted by Crippen LogP contribution is 2.23. The molecule has 1 aromatic heterocycles. The van der Waals surface area contributed by atoms with E-state index < -0.39 is 11.8 Å². The van der Waals surface area contributed by atoms with E-state index in [1.54, 1.807) is 36.7 Å². The molecule has 0 aliphatic rings. The van der Waals surface area contributed by atoms with Crippen LogP contribution < -0.4 is 10.5 Å². The topological polar surface area (TPSA) is 65.2 Å². The van der Waals surface area contributed by atoms with Gasteiger partial charge in [0, 0.05) is 23.5 Å². The third-order valence-corrected chi connectivity index (χ3v) is 3.07. The van der Waals surface area contributed by atoms with Crippen LogP contribution in [0.5, 0.6) is 5.75 Å². The van der Waals surface area contributed by atoms with E-state index in [4.69, 9.17) is 10.5 Å². The van der Waals surface area contributed by atoms with Gasteiger partial charge in [-0.1, -0.05) is 12.1 Å². The van der Waals surface area contributed by atoms with Crippen LogP contribution in [0.15, 0.2) is 54.9 Å². The Bertz CT molecular complexity index is 833. The summed E-state index contributed by atoms with van der Waals surface area (Å²) in [7, 11) is 0. The van der Waals surface area contributed by atoms with E-state index in [0.717, 1.165) is 10.8 Å². The van der Waals surface area contributed by atoms with Crippen molar-refractivity contribution in [1.82, 2.24) is 4.98 Å². The van der Waals surface area contributed by atoms with Crippen LogP contribution in [-0.2, 0) is 0 Å². The number of para-hydroxylation sites is 1. The van der Waals surface area contributed by atoms with Gasteiger partial charge in [0.2, 0.25) is 0 Å². The predicted octanol–water partition coefficient (Wildman–Crippen LogP) is 3.18. The van der Waals surface area contributed by atoms with Gasteiger partial charge < -0.3 is 10.5 Å². The summed E-state index contributed by atoms with van der Waals surface area (Å²) in [5, 5.41) is 1.62. The number of nitrogens with zero attached hydrogens (tertiary/aromatic N) is 1. The molecule has 4 nitrogen and oxygen atoms in total. The minimum atomic E-state index is -0.698. The number of anilines is 1. The zero-order valence-electron chi connectivity index (χ0n) is 10.9. The van der Waals surface area contributed by atoms with Gasteiger partial charge in [-0.25, -0.2) is 9.18 Å². The van der Waals surface area contributed by atoms with Crippen LogP contribution in [0.4, 0.5) is 10.1 Å². The largest absolute Gasteiger partial charge is 0.420 e. The molecule has 3 aromatic rings. The molecule has 0 spiro atoms. The summed E-state index contributed by atoms with van der Waals surface area (Å²) in [6, 6.07) is 10.7. The molecule has 0 saturated heterocycles. The Morgan fingerprint density at radius 1 is 1.14 bits per heavy atom. The van der Waals surface area contributed by atoms with Crippen molar-refractivity contribution in [2.75, 3.05) is 5.73 Å². The first kappa shape index (κ1) is 13.1. The number of ether oxygens (including phenoxy) is 1. The molecule has 21 heavy (non-hydrogen) atoms. The zero-order valence-corrected chi connectivity index (χ0v) is 10.9. The number of hydrogen-bond acceptors (Lipinski definition) is 4. The number of esters is 1. The highest BCUT2D eigenvalue weighted by atomic mass is 19.1.